The van der Waals surface area contributed by atoms with Crippen LogP contribution in [0.15, 0.2) is 51.9 Å². The Kier molecular flexibility index (Phi) is 6.02. The molecule has 4 rings (SSSR count). The number of halogens is 2. The molecule has 0 aliphatic carbocycles. The summed E-state index contributed by atoms with van der Waals surface area (Å²) in [4.78, 5) is 18.6. The van der Waals surface area contributed by atoms with E-state index in [2.05, 4.69) is 10.1 Å². The summed E-state index contributed by atoms with van der Waals surface area (Å²) in [5.41, 5.74) is 1.21. The molecule has 0 bridgehead atoms. The fourth-order valence-electron chi connectivity index (χ4n) is 3.31. The Bertz CT molecular complexity index is 1220. The second-order valence-electron chi connectivity index (χ2n) is 6.97. The number of rotatable bonds is 4. The van der Waals surface area contributed by atoms with Crippen LogP contribution in [-0.4, -0.2) is 59.8 Å². The average Bonchev–Trinajstić information content (AvgIpc) is 3.21. The Hall–Kier alpha value is -2.46. The molecule has 1 saturated heterocycles. The summed E-state index contributed by atoms with van der Waals surface area (Å²) in [5, 5.41) is 3.93. The number of nitrogens with zero attached hydrogens (tertiary/aromatic N) is 4. The number of aromatic nitrogens is 2. The SMILES string of the molecule is Cc1noc(-c2ccc(C(=O)N3CCN(S(=O)(=O)c4cccc(Cl)c4Cl)CC3)cc2)n1. The fraction of sp³-hybridized carbons (Fsp3) is 0.250. The third kappa shape index (κ3) is 4.31. The minimum Gasteiger partial charge on any atom is -0.336 e. The first-order chi connectivity index (χ1) is 14.8. The molecule has 1 amide bonds. The lowest BCUT2D eigenvalue weighted by Gasteiger charge is -2.34. The molecule has 11 heteroatoms. The quantitative estimate of drug-likeness (QED) is 0.566. The van der Waals surface area contributed by atoms with Crippen molar-refractivity contribution in [3.8, 4) is 11.5 Å². The van der Waals surface area contributed by atoms with E-state index in [9.17, 15) is 13.2 Å². The lowest BCUT2D eigenvalue weighted by molar-refractivity contribution is 0.0698. The Labute approximate surface area is 189 Å². The lowest BCUT2D eigenvalue weighted by Crippen LogP contribution is -2.50. The molecule has 1 aromatic heterocycles. The van der Waals surface area contributed by atoms with Gasteiger partial charge in [-0.2, -0.15) is 9.29 Å². The van der Waals surface area contributed by atoms with Crippen LogP contribution < -0.4 is 0 Å². The summed E-state index contributed by atoms with van der Waals surface area (Å²) < 4.78 is 32.3. The van der Waals surface area contributed by atoms with E-state index in [0.29, 0.717) is 22.8 Å². The molecule has 162 valence electrons. The molecule has 3 aromatic rings. The summed E-state index contributed by atoms with van der Waals surface area (Å²) in [7, 11) is -3.81. The smallest absolute Gasteiger partial charge is 0.257 e. The van der Waals surface area contributed by atoms with Crippen molar-refractivity contribution in [2.45, 2.75) is 11.8 Å². The second kappa shape index (κ2) is 8.58. The van der Waals surface area contributed by atoms with E-state index in [1.807, 2.05) is 0 Å². The van der Waals surface area contributed by atoms with Crippen LogP contribution >= 0.6 is 23.2 Å². The van der Waals surface area contributed by atoms with Crippen molar-refractivity contribution < 1.29 is 17.7 Å². The van der Waals surface area contributed by atoms with Crippen LogP contribution in [0.1, 0.15) is 16.2 Å². The fourth-order valence-corrected chi connectivity index (χ4v) is 5.46. The summed E-state index contributed by atoms with van der Waals surface area (Å²) in [6.45, 7) is 2.58. The minimum atomic E-state index is -3.81. The molecule has 8 nitrogen and oxygen atoms in total. The van der Waals surface area contributed by atoms with Crippen molar-refractivity contribution >= 4 is 39.1 Å². The van der Waals surface area contributed by atoms with Gasteiger partial charge in [0.1, 0.15) is 4.90 Å². The van der Waals surface area contributed by atoms with E-state index in [0.717, 1.165) is 0 Å². The third-order valence-electron chi connectivity index (χ3n) is 4.97. The first-order valence-electron chi connectivity index (χ1n) is 9.41. The molecule has 0 radical (unpaired) electrons. The zero-order valence-electron chi connectivity index (χ0n) is 16.5. The van der Waals surface area contributed by atoms with Gasteiger partial charge in [0.2, 0.25) is 10.0 Å². The first kappa shape index (κ1) is 21.8. The van der Waals surface area contributed by atoms with Crippen molar-refractivity contribution in [3.63, 3.8) is 0 Å². The zero-order valence-corrected chi connectivity index (χ0v) is 18.8. The molecule has 2 aromatic carbocycles. The molecule has 1 aliphatic rings. The Balaban J connectivity index is 1.43. The topological polar surface area (TPSA) is 96.6 Å². The number of carbonyl (C=O) groups is 1. The summed E-state index contributed by atoms with van der Waals surface area (Å²) in [6, 6.07) is 11.3. The molecule has 2 heterocycles. The zero-order chi connectivity index (χ0) is 22.2. The highest BCUT2D eigenvalue weighted by Gasteiger charge is 2.32. The van der Waals surface area contributed by atoms with Crippen molar-refractivity contribution in [1.82, 2.24) is 19.3 Å². The van der Waals surface area contributed by atoms with Gasteiger partial charge in [-0.1, -0.05) is 34.4 Å². The molecule has 1 fully saturated rings. The molecular weight excluding hydrogens is 463 g/mol. The van der Waals surface area contributed by atoms with Gasteiger partial charge in [0.15, 0.2) is 5.82 Å². The number of hydrogen-bond acceptors (Lipinski definition) is 6. The summed E-state index contributed by atoms with van der Waals surface area (Å²) in [6.07, 6.45) is 0. The van der Waals surface area contributed by atoms with Crippen molar-refractivity contribution in [1.29, 1.82) is 0 Å². The number of piperazine rings is 1. The molecule has 0 saturated carbocycles. The molecule has 0 unspecified atom stereocenters. The second-order valence-corrected chi connectivity index (χ2v) is 9.66. The lowest BCUT2D eigenvalue weighted by atomic mass is 10.1. The van der Waals surface area contributed by atoms with E-state index in [1.54, 1.807) is 42.2 Å². The molecule has 0 N–H and O–H groups in total. The van der Waals surface area contributed by atoms with Gasteiger partial charge in [-0.25, -0.2) is 8.42 Å². The number of amides is 1. The van der Waals surface area contributed by atoms with Gasteiger partial charge < -0.3 is 9.42 Å². The van der Waals surface area contributed by atoms with Gasteiger partial charge in [0.05, 0.1) is 10.0 Å². The number of benzene rings is 2. The van der Waals surface area contributed by atoms with E-state index < -0.39 is 10.0 Å². The van der Waals surface area contributed by atoms with Crippen molar-refractivity contribution in [3.05, 3.63) is 63.9 Å². The molecule has 1 aliphatic heterocycles. The summed E-state index contributed by atoms with van der Waals surface area (Å²) in [5.74, 6) is 0.739. The van der Waals surface area contributed by atoms with Crippen LogP contribution in [-0.2, 0) is 10.0 Å². The van der Waals surface area contributed by atoms with Crippen LogP contribution in [0.2, 0.25) is 10.0 Å². The van der Waals surface area contributed by atoms with Crippen LogP contribution in [0.4, 0.5) is 0 Å². The average molecular weight is 481 g/mol. The van der Waals surface area contributed by atoms with Gasteiger partial charge in [-0.05, 0) is 43.3 Å². The largest absolute Gasteiger partial charge is 0.336 e. The van der Waals surface area contributed by atoms with E-state index in [4.69, 9.17) is 27.7 Å². The maximum absolute atomic E-state index is 12.9. The van der Waals surface area contributed by atoms with Crippen LogP contribution in [0.25, 0.3) is 11.5 Å². The normalized spacial score (nSPS) is 15.3. The number of hydrogen-bond donors (Lipinski definition) is 0. The van der Waals surface area contributed by atoms with Gasteiger partial charge in [0.25, 0.3) is 11.8 Å². The number of carbonyl (C=O) groups excluding carboxylic acids is 1. The number of aryl methyl sites for hydroxylation is 1. The van der Waals surface area contributed by atoms with E-state index in [-0.39, 0.29) is 47.0 Å². The predicted octanol–water partition coefficient (Wildman–Crippen LogP) is 3.50. The standard InChI is InChI=1S/C20H18Cl2N4O4S/c1-13-23-19(30-24-13)14-5-7-15(8-6-14)20(27)25-9-11-26(12-10-25)31(28,29)17-4-2-3-16(21)18(17)22/h2-8H,9-12H2,1H3. The highest BCUT2D eigenvalue weighted by Crippen LogP contribution is 2.31. The maximum atomic E-state index is 12.9. The molecule has 0 atom stereocenters. The highest BCUT2D eigenvalue weighted by atomic mass is 35.5. The van der Waals surface area contributed by atoms with E-state index >= 15 is 0 Å². The van der Waals surface area contributed by atoms with Crippen LogP contribution in [0.3, 0.4) is 0 Å². The molecular formula is C20H18Cl2N4O4S. The molecule has 0 spiro atoms. The van der Waals surface area contributed by atoms with Crippen LogP contribution in [0, 0.1) is 6.92 Å². The molecule has 31 heavy (non-hydrogen) atoms. The van der Waals surface area contributed by atoms with Crippen molar-refractivity contribution in [2.75, 3.05) is 26.2 Å². The van der Waals surface area contributed by atoms with Gasteiger partial charge >= 0.3 is 0 Å². The monoisotopic (exact) mass is 480 g/mol. The Morgan fingerprint density at radius 3 is 2.32 bits per heavy atom. The third-order valence-corrected chi connectivity index (χ3v) is 7.84. The predicted molar refractivity (Wildman–Crippen MR) is 116 cm³/mol. The summed E-state index contributed by atoms with van der Waals surface area (Å²) >= 11 is 12.1. The van der Waals surface area contributed by atoms with Gasteiger partial charge in [0, 0.05) is 37.3 Å². The minimum absolute atomic E-state index is 0.000738. The van der Waals surface area contributed by atoms with Crippen molar-refractivity contribution in [2.24, 2.45) is 0 Å². The Morgan fingerprint density at radius 2 is 1.71 bits per heavy atom. The maximum Gasteiger partial charge on any atom is 0.257 e. The van der Waals surface area contributed by atoms with Gasteiger partial charge in [-0.3, -0.25) is 4.79 Å². The number of sulfonamides is 1. The Morgan fingerprint density at radius 1 is 1.03 bits per heavy atom. The van der Waals surface area contributed by atoms with E-state index in [1.165, 1.54) is 16.4 Å². The van der Waals surface area contributed by atoms with Crippen LogP contribution in [0.5, 0.6) is 0 Å². The van der Waals surface area contributed by atoms with Gasteiger partial charge in [-0.15, -0.1) is 0 Å². The highest BCUT2D eigenvalue weighted by molar-refractivity contribution is 7.89. The first-order valence-corrected chi connectivity index (χ1v) is 11.6.